The molecule has 0 amide bonds. The van der Waals surface area contributed by atoms with Crippen molar-refractivity contribution in [1.82, 2.24) is 4.98 Å². The number of aromatic nitrogens is 1. The summed E-state index contributed by atoms with van der Waals surface area (Å²) in [6.45, 7) is 5.62. The number of hydrogen-bond donors (Lipinski definition) is 1. The van der Waals surface area contributed by atoms with Crippen LogP contribution in [0.1, 0.15) is 32.9 Å². The van der Waals surface area contributed by atoms with E-state index in [-0.39, 0.29) is 18.0 Å². The number of ketones is 1. The van der Waals surface area contributed by atoms with Gasteiger partial charge in [-0.3, -0.25) is 9.78 Å². The normalized spacial score (nSPS) is 12.3. The molecule has 28 heavy (non-hydrogen) atoms. The van der Waals surface area contributed by atoms with Crippen molar-refractivity contribution in [2.45, 2.75) is 33.6 Å². The molecule has 3 heteroatoms. The molecule has 0 atom stereocenters. The molecule has 1 N–H and O–H groups in total. The summed E-state index contributed by atoms with van der Waals surface area (Å²) in [6, 6.07) is 20.5. The molecule has 0 fully saturated rings. The molecule has 0 aliphatic rings. The molecule has 1 aromatic heterocycles. The number of fused-ring (bicyclic) bond motifs is 1. The summed E-state index contributed by atoms with van der Waals surface area (Å²) in [5.41, 5.74) is 2.54. The van der Waals surface area contributed by atoms with Gasteiger partial charge < -0.3 is 5.11 Å². The summed E-state index contributed by atoms with van der Waals surface area (Å²) < 4.78 is 0. The Kier molecular flexibility index (Phi) is 5.93. The topological polar surface area (TPSA) is 50.2 Å². The lowest BCUT2D eigenvalue weighted by Crippen LogP contribution is -2.11. The van der Waals surface area contributed by atoms with Gasteiger partial charge in [0.1, 0.15) is 5.76 Å². The van der Waals surface area contributed by atoms with Gasteiger partial charge in [-0.05, 0) is 35.7 Å². The van der Waals surface area contributed by atoms with Gasteiger partial charge in [-0.15, -0.1) is 0 Å². The summed E-state index contributed by atoms with van der Waals surface area (Å²) in [5.74, 6) is 0.0135. The largest absolute Gasteiger partial charge is 0.512 e. The van der Waals surface area contributed by atoms with E-state index in [4.69, 9.17) is 4.98 Å². The van der Waals surface area contributed by atoms with Crippen molar-refractivity contribution < 1.29 is 9.90 Å². The van der Waals surface area contributed by atoms with E-state index < -0.39 is 5.41 Å². The van der Waals surface area contributed by atoms with Crippen molar-refractivity contribution in [3.63, 3.8) is 0 Å². The quantitative estimate of drug-likeness (QED) is 0.420. The monoisotopic (exact) mass is 372 g/mol. The summed E-state index contributed by atoms with van der Waals surface area (Å²) in [4.78, 5) is 16.8. The predicted octanol–water partition coefficient (Wildman–Crippen LogP) is 6.10. The molecular formula is C25H26NO2. The average molecular weight is 372 g/mol. The summed E-state index contributed by atoms with van der Waals surface area (Å²) in [7, 11) is 0. The van der Waals surface area contributed by atoms with Crippen molar-refractivity contribution in [2.24, 2.45) is 5.41 Å². The van der Waals surface area contributed by atoms with Crippen molar-refractivity contribution in [3.05, 3.63) is 84.6 Å². The van der Waals surface area contributed by atoms with Crippen LogP contribution in [0, 0.1) is 11.8 Å². The fraction of sp³-hybridized carbons (Fsp3) is 0.240. The summed E-state index contributed by atoms with van der Waals surface area (Å²) in [5, 5.41) is 12.3. The van der Waals surface area contributed by atoms with Gasteiger partial charge in [0.2, 0.25) is 0 Å². The highest BCUT2D eigenvalue weighted by Crippen LogP contribution is 2.27. The third kappa shape index (κ3) is 4.86. The smallest absolute Gasteiger partial charge is 0.159 e. The standard InChI is InChI=1S/C25H26NO2/c1-25(2,3)24(28)17-20(27)13-7-11-19-12-8-16-23(26-19)22-15-6-10-18-9-4-5-14-21(18)22/h4-10,12,14-17,28H,11,13H2,1-3H3. The van der Waals surface area contributed by atoms with Crippen LogP contribution in [0.3, 0.4) is 0 Å². The van der Waals surface area contributed by atoms with E-state index in [1.807, 2.05) is 63.6 Å². The third-order valence-corrected chi connectivity index (χ3v) is 4.64. The van der Waals surface area contributed by atoms with Gasteiger partial charge in [0.25, 0.3) is 0 Å². The van der Waals surface area contributed by atoms with E-state index in [1.165, 1.54) is 16.8 Å². The van der Waals surface area contributed by atoms with Gasteiger partial charge in [-0.25, -0.2) is 0 Å². The van der Waals surface area contributed by atoms with E-state index in [9.17, 15) is 9.90 Å². The predicted molar refractivity (Wildman–Crippen MR) is 115 cm³/mol. The Labute approximate surface area is 166 Å². The molecule has 2 aromatic carbocycles. The van der Waals surface area contributed by atoms with E-state index >= 15 is 0 Å². The van der Waals surface area contributed by atoms with Crippen LogP contribution in [-0.4, -0.2) is 15.9 Å². The Balaban J connectivity index is 1.70. The number of pyridine rings is 1. The number of rotatable bonds is 6. The first kappa shape index (κ1) is 19.8. The molecule has 0 saturated carbocycles. The molecule has 0 spiro atoms. The Bertz CT molecular complexity index is 1010. The lowest BCUT2D eigenvalue weighted by molar-refractivity contribution is -0.114. The fourth-order valence-electron chi connectivity index (χ4n) is 2.98. The van der Waals surface area contributed by atoms with Gasteiger partial charge in [-0.2, -0.15) is 0 Å². The molecule has 3 nitrogen and oxygen atoms in total. The van der Waals surface area contributed by atoms with Crippen LogP contribution < -0.4 is 0 Å². The van der Waals surface area contributed by atoms with Crippen molar-refractivity contribution in [3.8, 4) is 11.3 Å². The molecule has 1 heterocycles. The minimum atomic E-state index is -0.413. The number of hydrogen-bond acceptors (Lipinski definition) is 3. The maximum Gasteiger partial charge on any atom is 0.159 e. The average Bonchev–Trinajstić information content (AvgIpc) is 2.67. The molecule has 0 saturated heterocycles. The minimum absolute atomic E-state index is 0.0994. The van der Waals surface area contributed by atoms with Crippen molar-refractivity contribution >= 4 is 16.6 Å². The van der Waals surface area contributed by atoms with Crippen LogP contribution in [0.15, 0.2) is 72.5 Å². The van der Waals surface area contributed by atoms with Crippen LogP contribution in [-0.2, 0) is 11.2 Å². The van der Waals surface area contributed by atoms with Gasteiger partial charge in [0.15, 0.2) is 5.78 Å². The second-order valence-corrected chi connectivity index (χ2v) is 7.98. The minimum Gasteiger partial charge on any atom is -0.512 e. The lowest BCUT2D eigenvalue weighted by Gasteiger charge is -2.16. The highest BCUT2D eigenvalue weighted by atomic mass is 16.3. The second-order valence-electron chi connectivity index (χ2n) is 7.98. The Morgan fingerprint density at radius 3 is 2.50 bits per heavy atom. The van der Waals surface area contributed by atoms with Crippen LogP contribution in [0.2, 0.25) is 0 Å². The van der Waals surface area contributed by atoms with Gasteiger partial charge in [0.05, 0.1) is 5.69 Å². The zero-order chi connectivity index (χ0) is 20.1. The SMILES string of the molecule is CC(C)(C)C(O)=CC(=O)C[CH]Cc1cccc(-c2cccc3ccccc23)n1. The Morgan fingerprint density at radius 2 is 1.71 bits per heavy atom. The first-order valence-electron chi connectivity index (χ1n) is 9.54. The Morgan fingerprint density at radius 1 is 1.00 bits per heavy atom. The number of benzene rings is 2. The molecule has 1 radical (unpaired) electrons. The lowest BCUT2D eigenvalue weighted by atomic mass is 9.92. The number of aliphatic hydroxyl groups excluding tert-OH is 1. The summed E-state index contributed by atoms with van der Waals surface area (Å²) >= 11 is 0. The van der Waals surface area contributed by atoms with Crippen molar-refractivity contribution in [2.75, 3.05) is 0 Å². The van der Waals surface area contributed by atoms with Crippen LogP contribution in [0.25, 0.3) is 22.0 Å². The maximum atomic E-state index is 12.0. The van der Waals surface area contributed by atoms with Gasteiger partial charge >= 0.3 is 0 Å². The van der Waals surface area contributed by atoms with E-state index in [1.54, 1.807) is 0 Å². The first-order chi connectivity index (χ1) is 13.3. The molecule has 0 unspecified atom stereocenters. The first-order valence-corrected chi connectivity index (χ1v) is 9.54. The molecule has 0 aliphatic carbocycles. The highest BCUT2D eigenvalue weighted by molar-refractivity contribution is 5.95. The van der Waals surface area contributed by atoms with E-state index in [0.29, 0.717) is 6.42 Å². The second kappa shape index (κ2) is 8.39. The maximum absolute atomic E-state index is 12.0. The summed E-state index contributed by atoms with van der Waals surface area (Å²) in [6.07, 6.45) is 4.12. The molecular weight excluding hydrogens is 346 g/mol. The van der Waals surface area contributed by atoms with Crippen LogP contribution >= 0.6 is 0 Å². The molecule has 0 bridgehead atoms. The van der Waals surface area contributed by atoms with Crippen LogP contribution in [0.5, 0.6) is 0 Å². The fourth-order valence-corrected chi connectivity index (χ4v) is 2.98. The zero-order valence-electron chi connectivity index (χ0n) is 16.6. The van der Waals surface area contributed by atoms with Gasteiger partial charge in [0, 0.05) is 29.2 Å². The third-order valence-electron chi connectivity index (χ3n) is 4.64. The number of nitrogens with zero attached hydrogens (tertiary/aromatic N) is 1. The number of carbonyl (C=O) groups is 1. The van der Waals surface area contributed by atoms with E-state index in [2.05, 4.69) is 24.3 Å². The molecule has 3 rings (SSSR count). The van der Waals surface area contributed by atoms with Crippen molar-refractivity contribution in [1.29, 1.82) is 0 Å². The molecule has 0 aliphatic heterocycles. The number of allylic oxidation sites excluding steroid dienone is 2. The van der Waals surface area contributed by atoms with Crippen LogP contribution in [0.4, 0.5) is 0 Å². The Hall–Kier alpha value is -2.94. The van der Waals surface area contributed by atoms with Gasteiger partial charge in [-0.1, -0.05) is 69.3 Å². The number of aliphatic hydroxyl groups is 1. The molecule has 3 aromatic rings. The highest BCUT2D eigenvalue weighted by Gasteiger charge is 2.17. The molecule has 143 valence electrons. The number of carbonyl (C=O) groups excluding carboxylic acids is 1. The van der Waals surface area contributed by atoms with E-state index in [0.717, 1.165) is 17.0 Å². The zero-order valence-corrected chi connectivity index (χ0v) is 16.6.